The van der Waals surface area contributed by atoms with E-state index in [-0.39, 0.29) is 0 Å². The molecule has 2 aliphatic rings. The smallest absolute Gasteiger partial charge is 0.132 e. The van der Waals surface area contributed by atoms with Crippen LogP contribution in [0.4, 0.5) is 17.1 Å². The van der Waals surface area contributed by atoms with Crippen molar-refractivity contribution in [3.8, 4) is 44.8 Å². The summed E-state index contributed by atoms with van der Waals surface area (Å²) in [5.41, 5.74) is 17.1. The SMILES string of the molecule is CC1(C)c2ccccc2-c2c(O)c3c(c(N(c4ccc(-c5ccccc5)cc4)c4ccc5c(c4)c4ccccc4n5-c4ccccc4)c21)C(C)(C)c1ccccc1-3. The van der Waals surface area contributed by atoms with Crippen molar-refractivity contribution in [3.05, 3.63) is 198 Å². The number of phenols is 1. The Labute approximate surface area is 333 Å². The van der Waals surface area contributed by atoms with Crippen LogP contribution in [0.3, 0.4) is 0 Å². The van der Waals surface area contributed by atoms with E-state index in [4.69, 9.17) is 0 Å². The first kappa shape index (κ1) is 33.5. The van der Waals surface area contributed by atoms with Crippen molar-refractivity contribution in [3.63, 3.8) is 0 Å². The number of hydrogen-bond donors (Lipinski definition) is 1. The predicted molar refractivity (Wildman–Crippen MR) is 238 cm³/mol. The third-order valence-corrected chi connectivity index (χ3v) is 12.8. The number of aromatic hydroxyl groups is 1. The van der Waals surface area contributed by atoms with Gasteiger partial charge in [-0.25, -0.2) is 0 Å². The predicted octanol–water partition coefficient (Wildman–Crippen LogP) is 14.2. The molecule has 0 bridgehead atoms. The van der Waals surface area contributed by atoms with Gasteiger partial charge in [-0.15, -0.1) is 0 Å². The highest BCUT2D eigenvalue weighted by molar-refractivity contribution is 6.11. The molecule has 3 nitrogen and oxygen atoms in total. The van der Waals surface area contributed by atoms with Crippen LogP contribution in [0, 0.1) is 0 Å². The lowest BCUT2D eigenvalue weighted by Gasteiger charge is -2.37. The summed E-state index contributed by atoms with van der Waals surface area (Å²) in [4.78, 5) is 2.50. The highest BCUT2D eigenvalue weighted by Gasteiger charge is 2.49. The van der Waals surface area contributed by atoms with Gasteiger partial charge in [0, 0.05) is 49.8 Å². The molecule has 0 spiro atoms. The highest BCUT2D eigenvalue weighted by atomic mass is 16.3. The van der Waals surface area contributed by atoms with Gasteiger partial charge in [0.05, 0.1) is 16.7 Å². The monoisotopic (exact) mass is 734 g/mol. The minimum atomic E-state index is -0.408. The molecule has 0 radical (unpaired) electrons. The maximum atomic E-state index is 12.7. The van der Waals surface area contributed by atoms with Crippen molar-refractivity contribution in [2.75, 3.05) is 4.90 Å². The summed E-state index contributed by atoms with van der Waals surface area (Å²) < 4.78 is 2.38. The van der Waals surface area contributed by atoms with E-state index < -0.39 is 10.8 Å². The van der Waals surface area contributed by atoms with E-state index in [9.17, 15) is 5.11 Å². The average Bonchev–Trinajstić information content (AvgIpc) is 3.80. The summed E-state index contributed by atoms with van der Waals surface area (Å²) in [6, 6.07) is 63.3. The lowest BCUT2D eigenvalue weighted by Crippen LogP contribution is -2.26. The van der Waals surface area contributed by atoms with Crippen LogP contribution in [0.15, 0.2) is 176 Å². The van der Waals surface area contributed by atoms with E-state index >= 15 is 0 Å². The minimum Gasteiger partial charge on any atom is -0.507 e. The summed E-state index contributed by atoms with van der Waals surface area (Å²) in [5, 5.41) is 15.1. The Kier molecular flexibility index (Phi) is 7.10. The molecular weight excluding hydrogens is 693 g/mol. The van der Waals surface area contributed by atoms with Crippen LogP contribution in [0.2, 0.25) is 0 Å². The molecule has 3 heteroatoms. The summed E-state index contributed by atoms with van der Waals surface area (Å²) >= 11 is 0. The maximum Gasteiger partial charge on any atom is 0.132 e. The summed E-state index contributed by atoms with van der Waals surface area (Å²) in [5.74, 6) is 0.376. The Morgan fingerprint density at radius 3 is 1.58 bits per heavy atom. The van der Waals surface area contributed by atoms with Gasteiger partial charge in [-0.3, -0.25) is 0 Å². The average molecular weight is 735 g/mol. The number of nitrogens with zero attached hydrogens (tertiary/aromatic N) is 2. The first-order valence-corrected chi connectivity index (χ1v) is 19.9. The van der Waals surface area contributed by atoms with Crippen molar-refractivity contribution in [2.45, 2.75) is 38.5 Å². The van der Waals surface area contributed by atoms with Crippen LogP contribution in [0.1, 0.15) is 49.9 Å². The summed E-state index contributed by atoms with van der Waals surface area (Å²) in [7, 11) is 0. The third kappa shape index (κ3) is 4.66. The Balaban J connectivity index is 1.27. The van der Waals surface area contributed by atoms with Gasteiger partial charge in [0.15, 0.2) is 0 Å². The molecule has 0 aliphatic heterocycles. The van der Waals surface area contributed by atoms with Crippen molar-refractivity contribution in [2.24, 2.45) is 0 Å². The molecule has 274 valence electrons. The van der Waals surface area contributed by atoms with E-state index in [2.05, 4.69) is 213 Å². The molecule has 1 heterocycles. The number of rotatable bonds is 5. The molecule has 0 unspecified atom stereocenters. The van der Waals surface area contributed by atoms with Gasteiger partial charge in [0.25, 0.3) is 0 Å². The fourth-order valence-corrected chi connectivity index (χ4v) is 10.2. The molecule has 2 aliphatic carbocycles. The zero-order chi connectivity index (χ0) is 38.6. The van der Waals surface area contributed by atoms with Crippen LogP contribution in [-0.2, 0) is 10.8 Å². The molecule has 1 aromatic heterocycles. The normalized spacial score (nSPS) is 14.3. The van der Waals surface area contributed by atoms with Gasteiger partial charge < -0.3 is 14.6 Å². The Morgan fingerprint density at radius 2 is 0.947 bits per heavy atom. The topological polar surface area (TPSA) is 28.4 Å². The van der Waals surface area contributed by atoms with Crippen molar-refractivity contribution < 1.29 is 5.11 Å². The zero-order valence-corrected chi connectivity index (χ0v) is 32.6. The quantitative estimate of drug-likeness (QED) is 0.191. The largest absolute Gasteiger partial charge is 0.507 e. The summed E-state index contributed by atoms with van der Waals surface area (Å²) in [6.45, 7) is 9.32. The Bertz CT molecular complexity index is 2980. The Hall–Kier alpha value is -6.84. The Morgan fingerprint density at radius 1 is 0.456 bits per heavy atom. The molecule has 11 rings (SSSR count). The van der Waals surface area contributed by atoms with E-state index in [0.717, 1.165) is 61.6 Å². The standard InChI is InChI=1S/C54H42N2O/c1-53(2)43-24-14-11-22-40(43)47-49(53)51(50-48(52(47)57)41-23-12-15-25-44(41)54(50,3)4)55(37-29-27-35(28-30-37)34-17-7-5-8-18-34)38-31-32-46-42(33-38)39-21-13-16-26-45(39)56(46)36-19-9-6-10-20-36/h5-33,57H,1-4H3. The van der Waals surface area contributed by atoms with Crippen molar-refractivity contribution >= 4 is 38.9 Å². The second kappa shape index (κ2) is 12.1. The van der Waals surface area contributed by atoms with E-state index in [0.29, 0.717) is 5.75 Å². The molecule has 0 saturated heterocycles. The van der Waals surface area contributed by atoms with Crippen molar-refractivity contribution in [1.29, 1.82) is 0 Å². The number of benzene rings is 8. The fourth-order valence-electron chi connectivity index (χ4n) is 10.2. The molecule has 1 N–H and O–H groups in total. The molecule has 0 fully saturated rings. The molecular formula is C54H42N2O. The lowest BCUT2D eigenvalue weighted by atomic mass is 9.75. The number of fused-ring (bicyclic) bond motifs is 9. The minimum absolute atomic E-state index is 0.376. The van der Waals surface area contributed by atoms with Crippen LogP contribution < -0.4 is 4.90 Å². The molecule has 8 aromatic carbocycles. The molecule has 0 atom stereocenters. The van der Waals surface area contributed by atoms with Gasteiger partial charge in [-0.2, -0.15) is 0 Å². The number of aromatic nitrogens is 1. The van der Waals surface area contributed by atoms with E-state index in [1.54, 1.807) is 0 Å². The highest BCUT2D eigenvalue weighted by Crippen LogP contribution is 2.66. The fraction of sp³-hybridized carbons (Fsp3) is 0.111. The van der Waals surface area contributed by atoms with Crippen LogP contribution in [-0.4, -0.2) is 9.67 Å². The number of para-hydroxylation sites is 2. The first-order chi connectivity index (χ1) is 27.7. The first-order valence-electron chi connectivity index (χ1n) is 19.9. The number of phenolic OH excluding ortho intramolecular Hbond substituents is 1. The zero-order valence-electron chi connectivity index (χ0n) is 32.6. The number of hydrogen-bond acceptors (Lipinski definition) is 2. The van der Waals surface area contributed by atoms with E-state index in [1.165, 1.54) is 38.5 Å². The van der Waals surface area contributed by atoms with E-state index in [1.807, 2.05) is 0 Å². The third-order valence-electron chi connectivity index (χ3n) is 12.8. The van der Waals surface area contributed by atoms with Gasteiger partial charge in [-0.1, -0.05) is 155 Å². The molecule has 0 saturated carbocycles. The van der Waals surface area contributed by atoms with Gasteiger partial charge in [0.2, 0.25) is 0 Å². The lowest BCUT2D eigenvalue weighted by molar-refractivity contribution is 0.477. The van der Waals surface area contributed by atoms with Crippen molar-refractivity contribution in [1.82, 2.24) is 4.57 Å². The molecule has 0 amide bonds. The second-order valence-electron chi connectivity index (χ2n) is 16.7. The molecule has 57 heavy (non-hydrogen) atoms. The van der Waals surface area contributed by atoms with Gasteiger partial charge >= 0.3 is 0 Å². The molecule has 9 aromatic rings. The van der Waals surface area contributed by atoms with Crippen LogP contribution >= 0.6 is 0 Å². The number of anilines is 3. The van der Waals surface area contributed by atoms with Crippen LogP contribution in [0.5, 0.6) is 5.75 Å². The second-order valence-corrected chi connectivity index (χ2v) is 16.7. The van der Waals surface area contributed by atoms with Gasteiger partial charge in [-0.05, 0) is 93.0 Å². The van der Waals surface area contributed by atoms with Crippen LogP contribution in [0.25, 0.3) is 60.9 Å². The van der Waals surface area contributed by atoms with Gasteiger partial charge in [0.1, 0.15) is 5.75 Å². The summed E-state index contributed by atoms with van der Waals surface area (Å²) in [6.07, 6.45) is 0. The maximum absolute atomic E-state index is 12.7.